The number of nitrogens with one attached hydrogen (secondary N) is 2. The molecule has 0 saturated carbocycles. The van der Waals surface area contributed by atoms with Crippen molar-refractivity contribution in [2.45, 2.75) is 72.6 Å². The first-order valence-electron chi connectivity index (χ1n) is 13.3. The molecule has 3 N–H and O–H groups in total. The van der Waals surface area contributed by atoms with Gasteiger partial charge >= 0.3 is 6.09 Å². The van der Waals surface area contributed by atoms with Gasteiger partial charge in [-0.05, 0) is 75.3 Å². The third kappa shape index (κ3) is 9.25. The first-order valence-corrected chi connectivity index (χ1v) is 13.3. The molecule has 2 aromatic carbocycles. The summed E-state index contributed by atoms with van der Waals surface area (Å²) in [6, 6.07) is 10.8. The van der Waals surface area contributed by atoms with Crippen molar-refractivity contribution in [3.8, 4) is 0 Å². The van der Waals surface area contributed by atoms with Crippen LogP contribution in [0.4, 0.5) is 10.5 Å². The molecule has 0 aliphatic rings. The molecule has 8 heteroatoms. The highest BCUT2D eigenvalue weighted by molar-refractivity contribution is 6.00. The molecule has 0 saturated heterocycles. The number of hydrogen-bond acceptors (Lipinski definition) is 5. The minimum absolute atomic E-state index is 0.0517. The smallest absolute Gasteiger partial charge is 0.408 e. The number of amides is 3. The molecule has 212 valence electrons. The van der Waals surface area contributed by atoms with E-state index in [0.29, 0.717) is 17.7 Å². The zero-order valence-electron chi connectivity index (χ0n) is 24.2. The molecule has 2 unspecified atom stereocenters. The van der Waals surface area contributed by atoms with E-state index in [1.807, 2.05) is 52.0 Å². The number of carbonyl (C=O) groups is 3. The van der Waals surface area contributed by atoms with Crippen molar-refractivity contribution in [1.29, 1.82) is 0 Å². The van der Waals surface area contributed by atoms with E-state index in [2.05, 4.69) is 17.2 Å². The summed E-state index contributed by atoms with van der Waals surface area (Å²) in [5, 5.41) is 15.7. The number of benzene rings is 2. The van der Waals surface area contributed by atoms with E-state index in [9.17, 15) is 19.5 Å². The van der Waals surface area contributed by atoms with Crippen LogP contribution in [-0.2, 0) is 14.3 Å². The summed E-state index contributed by atoms with van der Waals surface area (Å²) in [7, 11) is 0. The molecule has 2 rings (SSSR count). The van der Waals surface area contributed by atoms with Crippen LogP contribution in [0.2, 0.25) is 0 Å². The number of aliphatic hydroxyl groups is 1. The van der Waals surface area contributed by atoms with Crippen molar-refractivity contribution in [1.82, 2.24) is 10.2 Å². The normalized spacial score (nSPS) is 12.8. The minimum Gasteiger partial charge on any atom is -0.444 e. The van der Waals surface area contributed by atoms with Gasteiger partial charge in [-0.25, -0.2) is 4.79 Å². The van der Waals surface area contributed by atoms with Gasteiger partial charge in [-0.1, -0.05) is 62.9 Å². The minimum atomic E-state index is -1.08. The number of nitrogens with zero attached hydrogens (tertiary/aromatic N) is 1. The summed E-state index contributed by atoms with van der Waals surface area (Å²) < 4.78 is 5.41. The Bertz CT molecular complexity index is 1150. The summed E-state index contributed by atoms with van der Waals surface area (Å²) in [5.74, 6) is -0.874. The Kier molecular flexibility index (Phi) is 11.3. The van der Waals surface area contributed by atoms with Crippen molar-refractivity contribution >= 4 is 29.7 Å². The van der Waals surface area contributed by atoms with E-state index in [1.165, 1.54) is 4.90 Å². The second kappa shape index (κ2) is 13.9. The standard InChI is InChI=1S/C31H43N3O5/c1-9-23-14-11-15-24(19-23)27(28(36)33-26-21(4)12-10-13-22(26)5)34(16-17-35)29(37)25(18-20(2)3)32-30(38)39-31(6,7)8/h9-15,19-20,25,27,35H,1,16-18H2,2-8H3,(H,32,38)(H,33,36). The highest BCUT2D eigenvalue weighted by atomic mass is 16.6. The van der Waals surface area contributed by atoms with Gasteiger partial charge in [0.15, 0.2) is 0 Å². The van der Waals surface area contributed by atoms with Gasteiger partial charge in [-0.2, -0.15) is 0 Å². The maximum Gasteiger partial charge on any atom is 0.408 e. The van der Waals surface area contributed by atoms with Crippen LogP contribution in [0.1, 0.15) is 69.3 Å². The maximum absolute atomic E-state index is 14.1. The Morgan fingerprint density at radius 2 is 1.69 bits per heavy atom. The molecule has 3 amide bonds. The molecule has 0 heterocycles. The van der Waals surface area contributed by atoms with E-state index >= 15 is 0 Å². The number of carbonyl (C=O) groups excluding carboxylic acids is 3. The lowest BCUT2D eigenvalue weighted by Gasteiger charge is -2.35. The number of alkyl carbamates (subject to hydrolysis) is 1. The topological polar surface area (TPSA) is 108 Å². The van der Waals surface area contributed by atoms with E-state index in [4.69, 9.17) is 4.74 Å². The third-order valence-electron chi connectivity index (χ3n) is 6.07. The molecule has 8 nitrogen and oxygen atoms in total. The van der Waals surface area contributed by atoms with Crippen LogP contribution in [0, 0.1) is 19.8 Å². The summed E-state index contributed by atoms with van der Waals surface area (Å²) >= 11 is 0. The Morgan fingerprint density at radius 1 is 1.08 bits per heavy atom. The van der Waals surface area contributed by atoms with Gasteiger partial charge in [0.05, 0.1) is 6.61 Å². The lowest BCUT2D eigenvalue weighted by Crippen LogP contribution is -2.53. The Morgan fingerprint density at radius 3 is 2.23 bits per heavy atom. The molecule has 0 aliphatic heterocycles. The van der Waals surface area contributed by atoms with Gasteiger partial charge in [-0.3, -0.25) is 9.59 Å². The number of para-hydroxylation sites is 1. The van der Waals surface area contributed by atoms with E-state index < -0.39 is 35.6 Å². The van der Waals surface area contributed by atoms with Gasteiger partial charge in [0, 0.05) is 12.2 Å². The average Bonchev–Trinajstić information content (AvgIpc) is 2.84. The molecule has 0 bridgehead atoms. The fourth-order valence-electron chi connectivity index (χ4n) is 4.35. The summed E-state index contributed by atoms with van der Waals surface area (Å²) in [4.78, 5) is 42.0. The van der Waals surface area contributed by atoms with Gasteiger partial charge < -0.3 is 25.4 Å². The highest BCUT2D eigenvalue weighted by Crippen LogP contribution is 2.28. The molecule has 2 atom stereocenters. The van der Waals surface area contributed by atoms with Crippen LogP contribution < -0.4 is 10.6 Å². The number of rotatable bonds is 11. The van der Waals surface area contributed by atoms with Crippen LogP contribution >= 0.6 is 0 Å². The second-order valence-electron chi connectivity index (χ2n) is 11.1. The van der Waals surface area contributed by atoms with Crippen LogP contribution in [0.5, 0.6) is 0 Å². The summed E-state index contributed by atoms with van der Waals surface area (Å²) in [6.45, 7) is 16.2. The monoisotopic (exact) mass is 537 g/mol. The summed E-state index contributed by atoms with van der Waals surface area (Å²) in [6.07, 6.45) is 1.25. The van der Waals surface area contributed by atoms with Crippen LogP contribution in [0.3, 0.4) is 0 Å². The molecule has 0 aliphatic carbocycles. The molecule has 2 aromatic rings. The van der Waals surface area contributed by atoms with Crippen LogP contribution in [-0.4, -0.2) is 52.7 Å². The molecule has 0 radical (unpaired) electrons. The SMILES string of the molecule is C=Cc1cccc(C(C(=O)Nc2c(C)cccc2C)N(CCO)C(=O)C(CC(C)C)NC(=O)OC(C)(C)C)c1. The second-order valence-corrected chi connectivity index (χ2v) is 11.1. The highest BCUT2D eigenvalue weighted by Gasteiger charge is 2.36. The predicted molar refractivity (Wildman–Crippen MR) is 155 cm³/mol. The largest absolute Gasteiger partial charge is 0.444 e. The maximum atomic E-state index is 14.1. The zero-order chi connectivity index (χ0) is 29.3. The molecule has 0 spiro atoms. The predicted octanol–water partition coefficient (Wildman–Crippen LogP) is 5.39. The van der Waals surface area contributed by atoms with Crippen molar-refractivity contribution in [3.63, 3.8) is 0 Å². The first kappa shape index (κ1) is 31.6. The van der Waals surface area contributed by atoms with Gasteiger partial charge in [-0.15, -0.1) is 0 Å². The van der Waals surface area contributed by atoms with E-state index in [-0.39, 0.29) is 19.1 Å². The Hall–Kier alpha value is -3.65. The number of aryl methyl sites for hydroxylation is 2. The molecule has 0 fully saturated rings. The average molecular weight is 538 g/mol. The number of hydrogen-bond donors (Lipinski definition) is 3. The molecular weight excluding hydrogens is 494 g/mol. The zero-order valence-corrected chi connectivity index (χ0v) is 24.2. The lowest BCUT2D eigenvalue weighted by molar-refractivity contribution is -0.141. The van der Waals surface area contributed by atoms with Gasteiger partial charge in [0.2, 0.25) is 5.91 Å². The number of anilines is 1. The quantitative estimate of drug-likeness (QED) is 0.356. The number of ether oxygens (including phenoxy) is 1. The summed E-state index contributed by atoms with van der Waals surface area (Å²) in [5.41, 5.74) is 3.00. The fraction of sp³-hybridized carbons (Fsp3) is 0.452. The fourth-order valence-corrected chi connectivity index (χ4v) is 4.35. The number of aliphatic hydroxyl groups excluding tert-OH is 1. The van der Waals surface area contributed by atoms with E-state index in [1.54, 1.807) is 45.0 Å². The van der Waals surface area contributed by atoms with Crippen molar-refractivity contribution in [3.05, 3.63) is 71.3 Å². The van der Waals surface area contributed by atoms with Crippen molar-refractivity contribution in [2.24, 2.45) is 5.92 Å². The van der Waals surface area contributed by atoms with Crippen molar-refractivity contribution in [2.75, 3.05) is 18.5 Å². The molecule has 0 aromatic heterocycles. The molecular formula is C31H43N3O5. The Labute approximate surface area is 232 Å². The lowest BCUT2D eigenvalue weighted by atomic mass is 9.97. The van der Waals surface area contributed by atoms with Crippen molar-refractivity contribution < 1.29 is 24.2 Å². The van der Waals surface area contributed by atoms with Crippen LogP contribution in [0.15, 0.2) is 49.0 Å². The van der Waals surface area contributed by atoms with Gasteiger partial charge in [0.25, 0.3) is 5.91 Å². The first-order chi connectivity index (χ1) is 18.3. The van der Waals surface area contributed by atoms with Crippen LogP contribution in [0.25, 0.3) is 6.08 Å². The molecule has 39 heavy (non-hydrogen) atoms. The Balaban J connectivity index is 2.58. The van der Waals surface area contributed by atoms with E-state index in [0.717, 1.165) is 16.7 Å². The third-order valence-corrected chi connectivity index (χ3v) is 6.07. The van der Waals surface area contributed by atoms with Gasteiger partial charge in [0.1, 0.15) is 17.7 Å².